The van der Waals surface area contributed by atoms with Crippen LogP contribution in [-0.4, -0.2) is 21.8 Å². The first-order valence-corrected chi connectivity index (χ1v) is 6.01. The first-order chi connectivity index (χ1) is 8.70. The molecule has 0 bridgehead atoms. The van der Waals surface area contributed by atoms with E-state index >= 15 is 0 Å². The summed E-state index contributed by atoms with van der Waals surface area (Å²) >= 11 is 0. The summed E-state index contributed by atoms with van der Waals surface area (Å²) in [4.78, 5) is 4.25. The van der Waals surface area contributed by atoms with Gasteiger partial charge in [-0.2, -0.15) is 5.10 Å². The number of aromatic nitrogens is 3. The molecule has 0 atom stereocenters. The van der Waals surface area contributed by atoms with E-state index in [9.17, 15) is 0 Å². The van der Waals surface area contributed by atoms with E-state index in [2.05, 4.69) is 29.2 Å². The second kappa shape index (κ2) is 5.64. The van der Waals surface area contributed by atoms with Gasteiger partial charge >= 0.3 is 0 Å². The molecule has 2 aromatic rings. The van der Waals surface area contributed by atoms with Gasteiger partial charge in [-0.15, -0.1) is 0 Å². The highest BCUT2D eigenvalue weighted by atomic mass is 16.5. The summed E-state index contributed by atoms with van der Waals surface area (Å²) < 4.78 is 7.62. The normalized spacial score (nSPS) is 10.9. The van der Waals surface area contributed by atoms with Gasteiger partial charge in [0.1, 0.15) is 0 Å². The topological polar surface area (TPSA) is 52.0 Å². The van der Waals surface area contributed by atoms with Crippen molar-refractivity contribution in [2.75, 3.05) is 7.05 Å². The van der Waals surface area contributed by atoms with Crippen LogP contribution in [0.3, 0.4) is 0 Å². The summed E-state index contributed by atoms with van der Waals surface area (Å²) in [5.74, 6) is 1.33. The van der Waals surface area contributed by atoms with E-state index in [0.717, 1.165) is 12.1 Å². The fourth-order valence-electron chi connectivity index (χ4n) is 1.61. The van der Waals surface area contributed by atoms with Crippen LogP contribution < -0.4 is 10.1 Å². The largest absolute Gasteiger partial charge is 0.435 e. The third-order valence-electron chi connectivity index (χ3n) is 2.54. The molecule has 0 aliphatic heterocycles. The van der Waals surface area contributed by atoms with Gasteiger partial charge in [-0.1, -0.05) is 6.07 Å². The molecular formula is C13H18N4O. The van der Waals surface area contributed by atoms with Crippen LogP contribution in [0, 0.1) is 0 Å². The molecule has 0 radical (unpaired) electrons. The van der Waals surface area contributed by atoms with Crippen molar-refractivity contribution >= 4 is 0 Å². The minimum Gasteiger partial charge on any atom is -0.435 e. The lowest BCUT2D eigenvalue weighted by Gasteiger charge is -2.07. The average Bonchev–Trinajstić information content (AvgIpc) is 2.81. The summed E-state index contributed by atoms with van der Waals surface area (Å²) in [6.07, 6.45) is 5.31. The first kappa shape index (κ1) is 12.6. The number of pyridine rings is 1. The molecule has 5 nitrogen and oxygen atoms in total. The van der Waals surface area contributed by atoms with E-state index in [1.807, 2.05) is 30.1 Å². The summed E-state index contributed by atoms with van der Waals surface area (Å²) in [6, 6.07) is 4.21. The molecule has 0 unspecified atom stereocenters. The zero-order chi connectivity index (χ0) is 13.0. The molecule has 0 saturated heterocycles. The molecule has 0 aliphatic rings. The van der Waals surface area contributed by atoms with Crippen LogP contribution in [0.1, 0.15) is 25.5 Å². The van der Waals surface area contributed by atoms with Gasteiger partial charge in [0.05, 0.1) is 12.4 Å². The van der Waals surface area contributed by atoms with Crippen LogP contribution in [0.4, 0.5) is 0 Å². The number of hydrogen-bond donors (Lipinski definition) is 1. The predicted octanol–water partition coefficient (Wildman–Crippen LogP) is 2.37. The Balaban J connectivity index is 2.17. The van der Waals surface area contributed by atoms with Crippen molar-refractivity contribution < 1.29 is 4.74 Å². The third-order valence-corrected chi connectivity index (χ3v) is 2.54. The Morgan fingerprint density at radius 3 is 2.94 bits per heavy atom. The van der Waals surface area contributed by atoms with E-state index in [1.165, 1.54) is 0 Å². The van der Waals surface area contributed by atoms with Gasteiger partial charge in [-0.05, 0) is 27.0 Å². The van der Waals surface area contributed by atoms with Gasteiger partial charge in [-0.3, -0.25) is 4.68 Å². The van der Waals surface area contributed by atoms with Crippen molar-refractivity contribution in [3.05, 3.63) is 36.3 Å². The van der Waals surface area contributed by atoms with Gasteiger partial charge in [0.2, 0.25) is 5.88 Å². The summed E-state index contributed by atoms with van der Waals surface area (Å²) in [5.41, 5.74) is 1.03. The fraction of sp³-hybridized carbons (Fsp3) is 0.385. The molecule has 2 rings (SSSR count). The first-order valence-electron chi connectivity index (χ1n) is 6.01. The van der Waals surface area contributed by atoms with Crippen molar-refractivity contribution in [3.63, 3.8) is 0 Å². The maximum Gasteiger partial charge on any atom is 0.223 e. The quantitative estimate of drug-likeness (QED) is 0.880. The van der Waals surface area contributed by atoms with Crippen LogP contribution in [0.5, 0.6) is 11.6 Å². The molecule has 2 heterocycles. The number of nitrogens with one attached hydrogen (secondary N) is 1. The fourth-order valence-corrected chi connectivity index (χ4v) is 1.61. The summed E-state index contributed by atoms with van der Waals surface area (Å²) in [5, 5.41) is 7.33. The van der Waals surface area contributed by atoms with Crippen LogP contribution in [0.15, 0.2) is 30.7 Å². The Hall–Kier alpha value is -1.88. The summed E-state index contributed by atoms with van der Waals surface area (Å²) in [6.45, 7) is 4.87. The zero-order valence-corrected chi connectivity index (χ0v) is 10.9. The number of nitrogens with zero attached hydrogens (tertiary/aromatic N) is 3. The molecule has 96 valence electrons. The van der Waals surface area contributed by atoms with E-state index in [4.69, 9.17) is 4.74 Å². The van der Waals surface area contributed by atoms with E-state index in [0.29, 0.717) is 17.7 Å². The second-order valence-electron chi connectivity index (χ2n) is 4.35. The smallest absolute Gasteiger partial charge is 0.223 e. The Morgan fingerprint density at radius 1 is 1.44 bits per heavy atom. The van der Waals surface area contributed by atoms with E-state index < -0.39 is 0 Å². The second-order valence-corrected chi connectivity index (χ2v) is 4.35. The van der Waals surface area contributed by atoms with Gasteiger partial charge < -0.3 is 10.1 Å². The van der Waals surface area contributed by atoms with Crippen molar-refractivity contribution in [2.24, 2.45) is 0 Å². The van der Waals surface area contributed by atoms with Gasteiger partial charge in [0.25, 0.3) is 0 Å². The van der Waals surface area contributed by atoms with Crippen molar-refractivity contribution in [3.8, 4) is 11.6 Å². The number of rotatable bonds is 5. The van der Waals surface area contributed by atoms with E-state index in [-0.39, 0.29) is 0 Å². The highest BCUT2D eigenvalue weighted by molar-refractivity contribution is 5.30. The molecule has 0 aliphatic carbocycles. The molecule has 0 saturated carbocycles. The minimum atomic E-state index is 0.322. The lowest BCUT2D eigenvalue weighted by atomic mass is 10.3. The minimum absolute atomic E-state index is 0.322. The lowest BCUT2D eigenvalue weighted by molar-refractivity contribution is 0.451. The Bertz CT molecular complexity index is 507. The highest BCUT2D eigenvalue weighted by Crippen LogP contribution is 2.23. The Morgan fingerprint density at radius 2 is 2.28 bits per heavy atom. The highest BCUT2D eigenvalue weighted by Gasteiger charge is 2.08. The Labute approximate surface area is 107 Å². The van der Waals surface area contributed by atoms with Crippen molar-refractivity contribution in [2.45, 2.75) is 26.4 Å². The maximum atomic E-state index is 5.76. The van der Waals surface area contributed by atoms with E-state index in [1.54, 1.807) is 12.4 Å². The molecule has 2 aromatic heterocycles. The third kappa shape index (κ3) is 2.87. The molecule has 0 spiro atoms. The van der Waals surface area contributed by atoms with Gasteiger partial charge in [0, 0.05) is 24.3 Å². The zero-order valence-electron chi connectivity index (χ0n) is 10.9. The van der Waals surface area contributed by atoms with Crippen LogP contribution in [0.2, 0.25) is 0 Å². The average molecular weight is 246 g/mol. The SMILES string of the molecule is CNCc1cccnc1Oc1cnn(C(C)C)c1. The molecule has 0 fully saturated rings. The Kier molecular flexibility index (Phi) is 3.94. The molecule has 0 aromatic carbocycles. The monoisotopic (exact) mass is 246 g/mol. The number of ether oxygens (including phenoxy) is 1. The molecule has 18 heavy (non-hydrogen) atoms. The van der Waals surface area contributed by atoms with Gasteiger partial charge in [0.15, 0.2) is 5.75 Å². The summed E-state index contributed by atoms with van der Waals surface area (Å²) in [7, 11) is 1.90. The molecular weight excluding hydrogens is 228 g/mol. The lowest BCUT2D eigenvalue weighted by Crippen LogP contribution is -2.07. The maximum absolute atomic E-state index is 5.76. The van der Waals surface area contributed by atoms with Crippen LogP contribution in [-0.2, 0) is 6.54 Å². The van der Waals surface area contributed by atoms with Crippen molar-refractivity contribution in [1.82, 2.24) is 20.1 Å². The van der Waals surface area contributed by atoms with Crippen LogP contribution in [0.25, 0.3) is 0 Å². The molecule has 1 N–H and O–H groups in total. The molecule has 5 heteroatoms. The van der Waals surface area contributed by atoms with Crippen molar-refractivity contribution in [1.29, 1.82) is 0 Å². The predicted molar refractivity (Wildman–Crippen MR) is 69.7 cm³/mol. The number of hydrogen-bond acceptors (Lipinski definition) is 4. The standard InChI is InChI=1S/C13H18N4O/c1-10(2)17-9-12(8-16-17)18-13-11(7-14-3)5-4-6-15-13/h4-6,8-10,14H,7H2,1-3H3. The van der Waals surface area contributed by atoms with Gasteiger partial charge in [-0.25, -0.2) is 4.98 Å². The molecule has 0 amide bonds. The van der Waals surface area contributed by atoms with Crippen LogP contribution >= 0.6 is 0 Å².